The molecule has 0 saturated carbocycles. The number of sulfone groups is 1. The van der Waals surface area contributed by atoms with Crippen LogP contribution in [0.2, 0.25) is 0 Å². The average Bonchev–Trinajstić information content (AvgIpc) is 2.94. The summed E-state index contributed by atoms with van der Waals surface area (Å²) in [5.41, 5.74) is 4.79. The lowest BCUT2D eigenvalue weighted by atomic mass is 10.0. The van der Waals surface area contributed by atoms with E-state index < -0.39 is 21.5 Å². The first-order chi connectivity index (χ1) is 13.7. The first kappa shape index (κ1) is 19.8. The van der Waals surface area contributed by atoms with Gasteiger partial charge >= 0.3 is 0 Å². The normalized spacial score (nSPS) is 14.9. The molecule has 29 heavy (non-hydrogen) atoms. The number of hydrogen-bond donors (Lipinski definition) is 1. The van der Waals surface area contributed by atoms with Crippen molar-refractivity contribution in [2.24, 2.45) is 7.05 Å². The van der Waals surface area contributed by atoms with Crippen molar-refractivity contribution in [1.82, 2.24) is 9.47 Å². The van der Waals surface area contributed by atoms with E-state index in [-0.39, 0.29) is 5.75 Å². The molecule has 0 aliphatic carbocycles. The van der Waals surface area contributed by atoms with Gasteiger partial charge in [-0.1, -0.05) is 6.07 Å². The molecule has 0 bridgehead atoms. The fraction of sp³-hybridized carbons (Fsp3) is 0.333. The summed E-state index contributed by atoms with van der Waals surface area (Å²) in [5.74, 6) is -1.60. The van der Waals surface area contributed by atoms with Gasteiger partial charge in [0.05, 0.1) is 11.3 Å². The summed E-state index contributed by atoms with van der Waals surface area (Å²) in [7, 11) is -0.962. The Hall–Kier alpha value is -2.45. The molecule has 0 radical (unpaired) electrons. The van der Waals surface area contributed by atoms with Crippen LogP contribution in [0.15, 0.2) is 36.4 Å². The van der Waals surface area contributed by atoms with E-state index in [9.17, 15) is 17.2 Å². The summed E-state index contributed by atoms with van der Waals surface area (Å²) < 4.78 is 51.7. The van der Waals surface area contributed by atoms with E-state index in [4.69, 9.17) is 0 Å². The largest absolute Gasteiger partial charge is 0.355 e. The maximum absolute atomic E-state index is 13.5. The van der Waals surface area contributed by atoms with Crippen LogP contribution in [-0.2, 0) is 29.9 Å². The van der Waals surface area contributed by atoms with Crippen molar-refractivity contribution in [3.63, 3.8) is 0 Å². The minimum absolute atomic E-state index is 0.162. The molecule has 0 saturated heterocycles. The Bertz CT molecular complexity index is 1190. The molecule has 5 nitrogen and oxygen atoms in total. The van der Waals surface area contributed by atoms with Gasteiger partial charge in [0, 0.05) is 67.9 Å². The molecule has 0 atom stereocenters. The summed E-state index contributed by atoms with van der Waals surface area (Å²) in [6.07, 6.45) is 2.12. The second-order valence-corrected chi connectivity index (χ2v) is 9.89. The van der Waals surface area contributed by atoms with Gasteiger partial charge in [0.15, 0.2) is 11.6 Å². The number of nitrogens with zero attached hydrogens (tertiary/aromatic N) is 2. The third-order valence-electron chi connectivity index (χ3n) is 5.47. The van der Waals surface area contributed by atoms with Gasteiger partial charge in [-0.05, 0) is 29.8 Å². The third-order valence-corrected chi connectivity index (χ3v) is 6.39. The SMILES string of the molecule is Cn1c2c(c3ccc(Nc4ccc(F)c(F)c4)cc31)CN(CCS(C)(=O)=O)CC2. The van der Waals surface area contributed by atoms with Gasteiger partial charge in [-0.2, -0.15) is 0 Å². The van der Waals surface area contributed by atoms with Gasteiger partial charge in [-0.25, -0.2) is 17.2 Å². The molecule has 154 valence electrons. The van der Waals surface area contributed by atoms with Crippen LogP contribution >= 0.6 is 0 Å². The topological polar surface area (TPSA) is 54.3 Å². The molecule has 0 fully saturated rings. The van der Waals surface area contributed by atoms with E-state index >= 15 is 0 Å². The Labute approximate surface area is 168 Å². The van der Waals surface area contributed by atoms with Crippen LogP contribution in [0.5, 0.6) is 0 Å². The number of aromatic nitrogens is 1. The fourth-order valence-electron chi connectivity index (χ4n) is 3.93. The minimum Gasteiger partial charge on any atom is -0.355 e. The number of hydrogen-bond acceptors (Lipinski definition) is 4. The van der Waals surface area contributed by atoms with Gasteiger partial charge in [0.1, 0.15) is 9.84 Å². The van der Waals surface area contributed by atoms with Gasteiger partial charge < -0.3 is 9.88 Å². The first-order valence-corrected chi connectivity index (χ1v) is 11.5. The number of anilines is 2. The van der Waals surface area contributed by atoms with E-state index in [1.165, 1.54) is 23.6 Å². The lowest BCUT2D eigenvalue weighted by Gasteiger charge is -2.27. The maximum Gasteiger partial charge on any atom is 0.160 e. The predicted molar refractivity (Wildman–Crippen MR) is 111 cm³/mol. The molecule has 2 heterocycles. The molecule has 3 aromatic rings. The van der Waals surface area contributed by atoms with Crippen molar-refractivity contribution in [2.75, 3.05) is 30.4 Å². The summed E-state index contributed by atoms with van der Waals surface area (Å²) in [5, 5.41) is 4.25. The molecule has 8 heteroatoms. The quantitative estimate of drug-likeness (QED) is 0.687. The molecule has 0 amide bonds. The molecule has 0 unspecified atom stereocenters. The highest BCUT2D eigenvalue weighted by atomic mass is 32.2. The van der Waals surface area contributed by atoms with Crippen molar-refractivity contribution in [3.05, 3.63) is 59.3 Å². The lowest BCUT2D eigenvalue weighted by Crippen LogP contribution is -2.34. The number of aryl methyl sites for hydroxylation is 1. The highest BCUT2D eigenvalue weighted by Gasteiger charge is 2.23. The highest BCUT2D eigenvalue weighted by Crippen LogP contribution is 2.32. The van der Waals surface area contributed by atoms with Gasteiger partial charge in [0.2, 0.25) is 0 Å². The van der Waals surface area contributed by atoms with E-state index in [0.29, 0.717) is 12.2 Å². The van der Waals surface area contributed by atoms with Gasteiger partial charge in [-0.15, -0.1) is 0 Å². The number of nitrogens with one attached hydrogen (secondary N) is 1. The maximum atomic E-state index is 13.5. The first-order valence-electron chi connectivity index (χ1n) is 9.43. The van der Waals surface area contributed by atoms with Crippen molar-refractivity contribution >= 4 is 32.1 Å². The molecular weight excluding hydrogens is 396 g/mol. The van der Waals surface area contributed by atoms with E-state index in [2.05, 4.69) is 14.8 Å². The summed E-state index contributed by atoms with van der Waals surface area (Å²) >= 11 is 0. The Kier molecular flexibility index (Phi) is 5.08. The molecule has 1 aromatic heterocycles. The number of rotatable bonds is 5. The molecule has 1 N–H and O–H groups in total. The van der Waals surface area contributed by atoms with Crippen LogP contribution in [0.3, 0.4) is 0 Å². The molecule has 1 aliphatic rings. The van der Waals surface area contributed by atoms with Crippen LogP contribution in [0.1, 0.15) is 11.3 Å². The number of fused-ring (bicyclic) bond motifs is 3. The third kappa shape index (κ3) is 4.13. The average molecular weight is 419 g/mol. The van der Waals surface area contributed by atoms with Crippen molar-refractivity contribution < 1.29 is 17.2 Å². The zero-order valence-corrected chi connectivity index (χ0v) is 17.2. The van der Waals surface area contributed by atoms with Crippen LogP contribution in [0, 0.1) is 11.6 Å². The van der Waals surface area contributed by atoms with E-state index in [0.717, 1.165) is 48.2 Å². The van der Waals surface area contributed by atoms with Crippen LogP contribution < -0.4 is 5.32 Å². The number of halogens is 2. The van der Waals surface area contributed by atoms with Crippen LogP contribution in [0.25, 0.3) is 10.9 Å². The minimum atomic E-state index is -2.98. The van der Waals surface area contributed by atoms with E-state index in [1.54, 1.807) is 0 Å². The molecular formula is C21H23F2N3O2S. The molecule has 2 aromatic carbocycles. The lowest BCUT2D eigenvalue weighted by molar-refractivity contribution is 0.267. The second kappa shape index (κ2) is 7.42. The number of benzene rings is 2. The Balaban J connectivity index is 1.61. The summed E-state index contributed by atoms with van der Waals surface area (Å²) in [6.45, 7) is 2.08. The zero-order valence-electron chi connectivity index (χ0n) is 16.4. The van der Waals surface area contributed by atoms with Gasteiger partial charge in [0.25, 0.3) is 0 Å². The Morgan fingerprint density at radius 3 is 2.52 bits per heavy atom. The van der Waals surface area contributed by atoms with Crippen molar-refractivity contribution in [3.8, 4) is 0 Å². The van der Waals surface area contributed by atoms with Crippen molar-refractivity contribution in [2.45, 2.75) is 13.0 Å². The van der Waals surface area contributed by atoms with Crippen molar-refractivity contribution in [1.29, 1.82) is 0 Å². The second-order valence-electron chi connectivity index (χ2n) is 7.63. The Morgan fingerprint density at radius 1 is 1.07 bits per heavy atom. The standard InChI is InChI=1S/C21H23F2N3O2S/c1-25-20-7-8-26(9-10-29(2,27)28)13-17(20)16-5-3-15(12-21(16)25)24-14-4-6-18(22)19(23)11-14/h3-6,11-12,24H,7-10,13H2,1-2H3. The van der Waals surface area contributed by atoms with E-state index in [1.807, 2.05) is 25.2 Å². The van der Waals surface area contributed by atoms with Gasteiger partial charge in [-0.3, -0.25) is 4.90 Å². The predicted octanol–water partition coefficient (Wildman–Crippen LogP) is 3.60. The summed E-state index contributed by atoms with van der Waals surface area (Å²) in [6, 6.07) is 9.67. The zero-order chi connectivity index (χ0) is 20.8. The van der Waals surface area contributed by atoms with Crippen LogP contribution in [-0.4, -0.2) is 43.0 Å². The molecule has 4 rings (SSSR count). The molecule has 1 aliphatic heterocycles. The fourth-order valence-corrected chi connectivity index (χ4v) is 4.52. The monoisotopic (exact) mass is 419 g/mol. The smallest absolute Gasteiger partial charge is 0.160 e. The Morgan fingerprint density at radius 2 is 1.79 bits per heavy atom. The molecule has 0 spiro atoms. The highest BCUT2D eigenvalue weighted by molar-refractivity contribution is 7.90. The summed E-state index contributed by atoms with van der Waals surface area (Å²) in [4.78, 5) is 2.18. The van der Waals surface area contributed by atoms with Crippen LogP contribution in [0.4, 0.5) is 20.2 Å².